The molecule has 4 heteroatoms. The fraction of sp³-hybridized carbons (Fsp3) is 0. The second-order valence-electron chi connectivity index (χ2n) is 14.8. The highest BCUT2D eigenvalue weighted by Gasteiger charge is 2.24. The largest absolute Gasteiger partial charge is 0.0836 e. The number of rotatable bonds is 4. The zero-order valence-corrected chi connectivity index (χ0v) is 33.9. The highest BCUT2D eigenvalue weighted by Crippen LogP contribution is 2.52. The van der Waals surface area contributed by atoms with Crippen LogP contribution in [0.25, 0.3) is 109 Å². The summed E-state index contributed by atoms with van der Waals surface area (Å²) in [5, 5.41) is 14.5. The van der Waals surface area contributed by atoms with Gasteiger partial charge in [-0.25, -0.2) is 0 Å². The standard InChI is InChI=1S/C54H30Cl4/c55-45-29-43(49-37-23-11-7-19-33(37)47(31-15-3-1-4-16-31)34-20-8-12-24-38(34)49)53(57)41-27-28-42-52(51(41)45)46(56)30-44(54(42)58)50-39-25-13-9-21-35(39)48(32-17-5-2-6-18-32)36-22-10-14-26-40(36)50/h1-30H. The third-order valence-corrected chi connectivity index (χ3v) is 13.1. The Bertz CT molecular complexity index is 3130. The van der Waals surface area contributed by atoms with Crippen LogP contribution >= 0.6 is 46.4 Å². The maximum Gasteiger partial charge on any atom is 0.0564 e. The number of benzene rings is 11. The minimum absolute atomic E-state index is 0.550. The molecule has 0 radical (unpaired) electrons. The van der Waals surface area contributed by atoms with Crippen LogP contribution in [-0.2, 0) is 0 Å². The molecule has 0 N–H and O–H groups in total. The molecule has 0 saturated heterocycles. The summed E-state index contributed by atoms with van der Waals surface area (Å²) in [4.78, 5) is 0. The second kappa shape index (κ2) is 13.9. The van der Waals surface area contributed by atoms with Gasteiger partial charge in [-0.15, -0.1) is 0 Å². The summed E-state index contributed by atoms with van der Waals surface area (Å²) in [5.74, 6) is 0. The van der Waals surface area contributed by atoms with E-state index in [2.05, 4.69) is 158 Å². The molecule has 58 heavy (non-hydrogen) atoms. The molecule has 11 rings (SSSR count). The molecule has 11 aromatic rings. The van der Waals surface area contributed by atoms with Crippen LogP contribution in [0.15, 0.2) is 182 Å². The summed E-state index contributed by atoms with van der Waals surface area (Å²) in [6.07, 6.45) is 0. The van der Waals surface area contributed by atoms with Crippen LogP contribution in [0.2, 0.25) is 20.1 Å². The monoisotopic (exact) mass is 818 g/mol. The van der Waals surface area contributed by atoms with Gasteiger partial charge in [0, 0.05) is 42.7 Å². The second-order valence-corrected chi connectivity index (χ2v) is 16.3. The SMILES string of the molecule is Clc1c(-c2c3ccccc3c(-c3ccccc3)c3ccccc23)cc(Cl)c2c1ccc1c(Cl)c(-c3c4ccccc4c(-c4ccccc4)c4ccccc34)cc(Cl)c12. The average Bonchev–Trinajstić information content (AvgIpc) is 3.27. The van der Waals surface area contributed by atoms with Crippen molar-refractivity contribution in [2.75, 3.05) is 0 Å². The van der Waals surface area contributed by atoms with E-state index in [0.29, 0.717) is 20.1 Å². The number of hydrogen-bond donors (Lipinski definition) is 0. The van der Waals surface area contributed by atoms with Crippen LogP contribution in [0.3, 0.4) is 0 Å². The van der Waals surface area contributed by atoms with Crippen LogP contribution in [0.5, 0.6) is 0 Å². The molecule has 0 bridgehead atoms. The van der Waals surface area contributed by atoms with Gasteiger partial charge in [0.1, 0.15) is 0 Å². The van der Waals surface area contributed by atoms with Crippen molar-refractivity contribution in [1.29, 1.82) is 0 Å². The quantitative estimate of drug-likeness (QED) is 0.123. The fourth-order valence-corrected chi connectivity index (χ4v) is 10.5. The molecular formula is C54H30Cl4. The van der Waals surface area contributed by atoms with Gasteiger partial charge in [-0.3, -0.25) is 0 Å². The molecule has 0 unspecified atom stereocenters. The van der Waals surface area contributed by atoms with Crippen molar-refractivity contribution < 1.29 is 0 Å². The summed E-state index contributed by atoms with van der Waals surface area (Å²) in [7, 11) is 0. The molecule has 0 atom stereocenters. The molecule has 0 nitrogen and oxygen atoms in total. The number of halogens is 4. The van der Waals surface area contributed by atoms with Crippen molar-refractivity contribution in [1.82, 2.24) is 0 Å². The molecule has 0 aliphatic rings. The van der Waals surface area contributed by atoms with E-state index < -0.39 is 0 Å². The Labute approximate surface area is 355 Å². The average molecular weight is 821 g/mol. The van der Waals surface area contributed by atoms with Crippen LogP contribution in [0, 0.1) is 0 Å². The van der Waals surface area contributed by atoms with Gasteiger partial charge in [0.15, 0.2) is 0 Å². The third kappa shape index (κ3) is 5.30. The summed E-state index contributed by atoms with van der Waals surface area (Å²) in [6, 6.07) is 63.4. The molecule has 11 aromatic carbocycles. The minimum Gasteiger partial charge on any atom is -0.0836 e. The zero-order chi connectivity index (χ0) is 39.1. The van der Waals surface area contributed by atoms with Gasteiger partial charge in [0.2, 0.25) is 0 Å². The van der Waals surface area contributed by atoms with Gasteiger partial charge in [-0.05, 0) is 88.6 Å². The first-order chi connectivity index (χ1) is 28.5. The third-order valence-electron chi connectivity index (χ3n) is 11.7. The maximum absolute atomic E-state index is 7.59. The van der Waals surface area contributed by atoms with Crippen molar-refractivity contribution in [2.45, 2.75) is 0 Å². The summed E-state index contributed by atoms with van der Waals surface area (Å²) >= 11 is 30.1. The lowest BCUT2D eigenvalue weighted by Crippen LogP contribution is -1.94. The molecule has 0 aromatic heterocycles. The van der Waals surface area contributed by atoms with Crippen molar-refractivity contribution in [3.05, 3.63) is 202 Å². The Morgan fingerprint density at radius 3 is 0.793 bits per heavy atom. The lowest BCUT2D eigenvalue weighted by Gasteiger charge is -2.21. The molecule has 0 saturated carbocycles. The van der Waals surface area contributed by atoms with Gasteiger partial charge < -0.3 is 0 Å². The highest BCUT2D eigenvalue weighted by atomic mass is 35.5. The van der Waals surface area contributed by atoms with Crippen LogP contribution < -0.4 is 0 Å². The van der Waals surface area contributed by atoms with Gasteiger partial charge in [0.25, 0.3) is 0 Å². The normalized spacial score (nSPS) is 11.8. The lowest BCUT2D eigenvalue weighted by atomic mass is 9.84. The molecule has 0 heterocycles. The van der Waals surface area contributed by atoms with E-state index >= 15 is 0 Å². The Balaban J connectivity index is 1.17. The van der Waals surface area contributed by atoms with E-state index in [4.69, 9.17) is 46.4 Å². The number of fused-ring (bicyclic) bond motifs is 7. The highest BCUT2D eigenvalue weighted by molar-refractivity contribution is 6.50. The van der Waals surface area contributed by atoms with Crippen LogP contribution in [-0.4, -0.2) is 0 Å². The molecule has 0 fully saturated rings. The molecular weight excluding hydrogens is 790 g/mol. The van der Waals surface area contributed by atoms with Crippen molar-refractivity contribution >= 4 is 111 Å². The zero-order valence-electron chi connectivity index (χ0n) is 30.8. The van der Waals surface area contributed by atoms with Crippen molar-refractivity contribution in [3.8, 4) is 44.5 Å². The Hall–Kier alpha value is -5.86. The van der Waals surface area contributed by atoms with Gasteiger partial charge in [-0.2, -0.15) is 0 Å². The van der Waals surface area contributed by atoms with E-state index in [9.17, 15) is 0 Å². The first kappa shape index (κ1) is 35.3. The van der Waals surface area contributed by atoms with Crippen molar-refractivity contribution in [3.63, 3.8) is 0 Å². The minimum atomic E-state index is 0.550. The summed E-state index contributed by atoms with van der Waals surface area (Å²) in [5.41, 5.74) is 8.51. The first-order valence-corrected chi connectivity index (χ1v) is 20.7. The Morgan fingerprint density at radius 2 is 0.500 bits per heavy atom. The smallest absolute Gasteiger partial charge is 0.0564 e. The predicted molar refractivity (Wildman–Crippen MR) is 253 cm³/mol. The molecule has 0 amide bonds. The molecule has 0 aliphatic heterocycles. The first-order valence-electron chi connectivity index (χ1n) is 19.2. The van der Waals surface area contributed by atoms with Gasteiger partial charge in [0.05, 0.1) is 10.0 Å². The Kier molecular flexibility index (Phi) is 8.47. The maximum atomic E-state index is 7.59. The number of hydrogen-bond acceptors (Lipinski definition) is 0. The molecule has 0 spiro atoms. The Morgan fingerprint density at radius 1 is 0.241 bits per heavy atom. The lowest BCUT2D eigenvalue weighted by molar-refractivity contribution is 1.66. The predicted octanol–water partition coefficient (Wildman–Crippen LogP) is 17.9. The molecule has 0 aliphatic carbocycles. The summed E-state index contributed by atoms with van der Waals surface area (Å²) in [6.45, 7) is 0. The van der Waals surface area contributed by atoms with Crippen LogP contribution in [0.1, 0.15) is 0 Å². The van der Waals surface area contributed by atoms with Gasteiger partial charge in [-0.1, -0.05) is 216 Å². The topological polar surface area (TPSA) is 0 Å². The van der Waals surface area contributed by atoms with E-state index in [1.54, 1.807) is 0 Å². The fourth-order valence-electron chi connectivity index (χ4n) is 9.31. The summed E-state index contributed by atoms with van der Waals surface area (Å²) < 4.78 is 0. The van der Waals surface area contributed by atoms with E-state index in [0.717, 1.165) is 98.0 Å². The van der Waals surface area contributed by atoms with Crippen LogP contribution in [0.4, 0.5) is 0 Å². The van der Waals surface area contributed by atoms with Gasteiger partial charge >= 0.3 is 0 Å². The van der Waals surface area contributed by atoms with E-state index in [1.165, 1.54) is 11.1 Å². The van der Waals surface area contributed by atoms with E-state index in [-0.39, 0.29) is 0 Å². The molecule has 274 valence electrons. The van der Waals surface area contributed by atoms with E-state index in [1.807, 2.05) is 24.3 Å². The van der Waals surface area contributed by atoms with Crippen molar-refractivity contribution in [2.24, 2.45) is 0 Å².